The van der Waals surface area contributed by atoms with E-state index in [9.17, 15) is 4.79 Å². The van der Waals surface area contributed by atoms with Crippen LogP contribution in [0.3, 0.4) is 0 Å². The van der Waals surface area contributed by atoms with Gasteiger partial charge in [0.25, 0.3) is 0 Å². The largest absolute Gasteiger partial charge is 0.399 e. The summed E-state index contributed by atoms with van der Waals surface area (Å²) in [5.41, 5.74) is 15.6. The molecule has 0 bridgehead atoms. The van der Waals surface area contributed by atoms with Gasteiger partial charge in [0.2, 0.25) is 0 Å². The summed E-state index contributed by atoms with van der Waals surface area (Å²) in [4.78, 5) is 12.5. The predicted molar refractivity (Wildman–Crippen MR) is 82.3 cm³/mol. The van der Waals surface area contributed by atoms with Gasteiger partial charge in [0.15, 0.2) is 5.78 Å². The topological polar surface area (TPSA) is 69.1 Å². The summed E-state index contributed by atoms with van der Waals surface area (Å²) in [6.45, 7) is 3.86. The maximum Gasteiger partial charge on any atom is 0.193 e. The highest BCUT2D eigenvalue weighted by Gasteiger charge is 2.14. The van der Waals surface area contributed by atoms with Crippen LogP contribution in [-0.4, -0.2) is 5.78 Å². The number of nitrogen functional groups attached to an aromatic ring is 2. The number of hydrogen-bond acceptors (Lipinski definition) is 3. The minimum absolute atomic E-state index is 0.0629. The number of ketones is 1. The smallest absolute Gasteiger partial charge is 0.193 e. The van der Waals surface area contributed by atoms with Crippen molar-refractivity contribution in [2.45, 2.75) is 13.8 Å². The first-order chi connectivity index (χ1) is 8.88. The molecule has 2 aromatic rings. The third-order valence-corrected chi connectivity index (χ3v) is 3.84. The normalized spacial score (nSPS) is 10.5. The Morgan fingerprint density at radius 3 is 2.11 bits per heavy atom. The van der Waals surface area contributed by atoms with Crippen molar-refractivity contribution in [3.05, 3.63) is 57.1 Å². The number of rotatable bonds is 2. The predicted octanol–water partition coefficient (Wildman–Crippen LogP) is 3.46. The molecule has 0 aliphatic rings. The molecule has 0 radical (unpaired) electrons. The van der Waals surface area contributed by atoms with E-state index in [1.165, 1.54) is 0 Å². The van der Waals surface area contributed by atoms with Gasteiger partial charge >= 0.3 is 0 Å². The summed E-state index contributed by atoms with van der Waals surface area (Å²) >= 11 is 3.46. The van der Waals surface area contributed by atoms with E-state index in [-0.39, 0.29) is 5.78 Å². The van der Waals surface area contributed by atoms with E-state index in [4.69, 9.17) is 11.5 Å². The van der Waals surface area contributed by atoms with Crippen LogP contribution < -0.4 is 11.5 Å². The van der Waals surface area contributed by atoms with E-state index in [1.54, 1.807) is 18.2 Å². The van der Waals surface area contributed by atoms with Crippen molar-refractivity contribution in [3.8, 4) is 0 Å². The van der Waals surface area contributed by atoms with E-state index in [0.29, 0.717) is 22.5 Å². The molecule has 0 saturated carbocycles. The van der Waals surface area contributed by atoms with E-state index in [1.807, 2.05) is 26.0 Å². The van der Waals surface area contributed by atoms with E-state index in [2.05, 4.69) is 15.9 Å². The molecule has 0 unspecified atom stereocenters. The van der Waals surface area contributed by atoms with Crippen LogP contribution in [0.4, 0.5) is 11.4 Å². The third-order valence-electron chi connectivity index (χ3n) is 2.99. The number of benzene rings is 2. The van der Waals surface area contributed by atoms with E-state index in [0.717, 1.165) is 15.6 Å². The average Bonchev–Trinajstić information content (AvgIpc) is 2.31. The summed E-state index contributed by atoms with van der Waals surface area (Å²) in [5.74, 6) is -0.0629. The molecule has 0 aliphatic heterocycles. The Kier molecular flexibility index (Phi) is 3.62. The highest BCUT2D eigenvalue weighted by molar-refractivity contribution is 9.10. The fourth-order valence-electron chi connectivity index (χ4n) is 1.99. The summed E-state index contributed by atoms with van der Waals surface area (Å²) in [6.07, 6.45) is 0. The molecule has 2 aromatic carbocycles. The minimum Gasteiger partial charge on any atom is -0.399 e. The fourth-order valence-corrected chi connectivity index (χ4v) is 2.45. The molecule has 0 amide bonds. The molecule has 3 nitrogen and oxygen atoms in total. The second kappa shape index (κ2) is 5.05. The van der Waals surface area contributed by atoms with Gasteiger partial charge in [-0.05, 0) is 55.3 Å². The average molecular weight is 319 g/mol. The molecular weight excluding hydrogens is 304 g/mol. The standard InChI is InChI=1S/C15H15BrN2O/c1-8-4-14(16)9(2)3-13(8)15(19)10-5-11(17)7-12(18)6-10/h3-7H,17-18H2,1-2H3. The van der Waals surface area contributed by atoms with Gasteiger partial charge in [0, 0.05) is 27.0 Å². The molecule has 19 heavy (non-hydrogen) atoms. The summed E-state index contributed by atoms with van der Waals surface area (Å²) in [7, 11) is 0. The maximum atomic E-state index is 12.5. The molecule has 4 heteroatoms. The number of hydrogen-bond donors (Lipinski definition) is 2. The molecule has 0 atom stereocenters. The van der Waals surface area contributed by atoms with Crippen LogP contribution >= 0.6 is 15.9 Å². The van der Waals surface area contributed by atoms with Gasteiger partial charge in [0.1, 0.15) is 0 Å². The van der Waals surface area contributed by atoms with Crippen molar-refractivity contribution in [1.29, 1.82) is 0 Å². The second-order valence-corrected chi connectivity index (χ2v) is 5.49. The second-order valence-electron chi connectivity index (χ2n) is 4.63. The van der Waals surface area contributed by atoms with E-state index < -0.39 is 0 Å². The van der Waals surface area contributed by atoms with E-state index >= 15 is 0 Å². The van der Waals surface area contributed by atoms with Crippen LogP contribution in [0.15, 0.2) is 34.8 Å². The van der Waals surface area contributed by atoms with Gasteiger partial charge < -0.3 is 11.5 Å². The van der Waals surface area contributed by atoms with Crippen LogP contribution in [0.25, 0.3) is 0 Å². The minimum atomic E-state index is -0.0629. The molecule has 0 aromatic heterocycles. The molecule has 4 N–H and O–H groups in total. The van der Waals surface area contributed by atoms with Crippen molar-refractivity contribution < 1.29 is 4.79 Å². The lowest BCUT2D eigenvalue weighted by Crippen LogP contribution is -2.06. The Morgan fingerprint density at radius 1 is 0.947 bits per heavy atom. The number of nitrogens with two attached hydrogens (primary N) is 2. The lowest BCUT2D eigenvalue weighted by atomic mass is 9.97. The molecular formula is C15H15BrN2O. The summed E-state index contributed by atoms with van der Waals surface area (Å²) in [5, 5.41) is 0. The van der Waals surface area contributed by atoms with Crippen molar-refractivity contribution in [3.63, 3.8) is 0 Å². The zero-order valence-electron chi connectivity index (χ0n) is 10.8. The fraction of sp³-hybridized carbons (Fsp3) is 0.133. The Bertz CT molecular complexity index is 645. The van der Waals surface area contributed by atoms with Crippen LogP contribution in [-0.2, 0) is 0 Å². The van der Waals surface area contributed by atoms with Gasteiger partial charge in [-0.1, -0.05) is 15.9 Å². The zero-order chi connectivity index (χ0) is 14.2. The molecule has 0 saturated heterocycles. The van der Waals surface area contributed by atoms with Crippen LogP contribution in [0.5, 0.6) is 0 Å². The van der Waals surface area contributed by atoms with Crippen LogP contribution in [0, 0.1) is 13.8 Å². The van der Waals surface area contributed by atoms with Gasteiger partial charge in [0.05, 0.1) is 0 Å². The molecule has 2 rings (SSSR count). The molecule has 98 valence electrons. The van der Waals surface area contributed by atoms with Gasteiger partial charge in [-0.15, -0.1) is 0 Å². The number of halogens is 1. The Balaban J connectivity index is 2.53. The SMILES string of the molecule is Cc1cc(C(=O)c2cc(N)cc(N)c2)c(C)cc1Br. The van der Waals surface area contributed by atoms with Crippen molar-refractivity contribution >= 4 is 33.1 Å². The monoisotopic (exact) mass is 318 g/mol. The Morgan fingerprint density at radius 2 is 1.53 bits per heavy atom. The highest BCUT2D eigenvalue weighted by atomic mass is 79.9. The van der Waals surface area contributed by atoms with Crippen LogP contribution in [0.2, 0.25) is 0 Å². The first-order valence-electron chi connectivity index (χ1n) is 5.86. The lowest BCUT2D eigenvalue weighted by Gasteiger charge is -2.09. The number of carbonyl (C=O) groups is 1. The molecule has 0 fully saturated rings. The van der Waals surface area contributed by atoms with Crippen molar-refractivity contribution in [2.75, 3.05) is 11.5 Å². The first-order valence-corrected chi connectivity index (χ1v) is 6.65. The van der Waals surface area contributed by atoms with Gasteiger partial charge in [-0.2, -0.15) is 0 Å². The quantitative estimate of drug-likeness (QED) is 0.658. The highest BCUT2D eigenvalue weighted by Crippen LogP contribution is 2.24. The molecule has 0 spiro atoms. The summed E-state index contributed by atoms with van der Waals surface area (Å²) in [6, 6.07) is 8.75. The molecule has 0 aliphatic carbocycles. The summed E-state index contributed by atoms with van der Waals surface area (Å²) < 4.78 is 0.994. The molecule has 0 heterocycles. The first kappa shape index (κ1) is 13.6. The zero-order valence-corrected chi connectivity index (χ0v) is 12.4. The van der Waals surface area contributed by atoms with Gasteiger partial charge in [-0.3, -0.25) is 4.79 Å². The lowest BCUT2D eigenvalue weighted by molar-refractivity contribution is 0.103. The number of anilines is 2. The van der Waals surface area contributed by atoms with Crippen molar-refractivity contribution in [2.24, 2.45) is 0 Å². The maximum absolute atomic E-state index is 12.5. The van der Waals surface area contributed by atoms with Crippen molar-refractivity contribution in [1.82, 2.24) is 0 Å². The Hall–Kier alpha value is -1.81. The van der Waals surface area contributed by atoms with Crippen LogP contribution in [0.1, 0.15) is 27.0 Å². The number of carbonyl (C=O) groups excluding carboxylic acids is 1. The van der Waals surface area contributed by atoms with Gasteiger partial charge in [-0.25, -0.2) is 0 Å². The third kappa shape index (κ3) is 2.79. The Labute approximate surface area is 120 Å². The number of aryl methyl sites for hydroxylation is 2.